The lowest BCUT2D eigenvalue weighted by molar-refractivity contribution is -0.128. The van der Waals surface area contributed by atoms with Gasteiger partial charge in [0.15, 0.2) is 0 Å². The van der Waals surface area contributed by atoms with Crippen molar-refractivity contribution < 1.29 is 19.1 Å². The van der Waals surface area contributed by atoms with Gasteiger partial charge in [-0.25, -0.2) is 9.59 Å². The number of rotatable bonds is 4. The molecule has 35 heavy (non-hydrogen) atoms. The molecule has 0 aromatic heterocycles. The Morgan fingerprint density at radius 1 is 0.571 bits per heavy atom. The number of esters is 2. The summed E-state index contributed by atoms with van der Waals surface area (Å²) >= 11 is 0. The van der Waals surface area contributed by atoms with Crippen LogP contribution in [0.5, 0.6) is 11.5 Å². The maximum Gasteiger partial charge on any atom is 0.389 e. The van der Waals surface area contributed by atoms with Crippen LogP contribution in [0.2, 0.25) is 0 Å². The highest BCUT2D eigenvalue weighted by molar-refractivity contribution is 5.90. The van der Waals surface area contributed by atoms with Gasteiger partial charge in [-0.3, -0.25) is 0 Å². The van der Waals surface area contributed by atoms with E-state index in [9.17, 15) is 9.59 Å². The molecule has 166 valence electrons. The fraction of sp³-hybridized carbons (Fsp3) is 0.0323. The van der Waals surface area contributed by atoms with E-state index in [-0.39, 0.29) is 0 Å². The van der Waals surface area contributed by atoms with Crippen molar-refractivity contribution in [2.24, 2.45) is 0 Å². The molecule has 4 aromatic carbocycles. The summed E-state index contributed by atoms with van der Waals surface area (Å²) in [6, 6.07) is 31.2. The van der Waals surface area contributed by atoms with E-state index < -0.39 is 17.4 Å². The molecule has 0 spiro atoms. The molecule has 0 aliphatic heterocycles. The zero-order valence-electron chi connectivity index (χ0n) is 18.5. The predicted octanol–water partition coefficient (Wildman–Crippen LogP) is 5.13. The number of carbonyl (C=O) groups is 2. The van der Waals surface area contributed by atoms with E-state index >= 15 is 0 Å². The lowest BCUT2D eigenvalue weighted by Gasteiger charge is -2.34. The van der Waals surface area contributed by atoms with Crippen LogP contribution in [-0.2, 0) is 15.0 Å². The lowest BCUT2D eigenvalue weighted by Crippen LogP contribution is -2.28. The van der Waals surface area contributed by atoms with E-state index in [0.717, 1.165) is 33.4 Å². The quantitative estimate of drug-likeness (QED) is 0.164. The monoisotopic (exact) mass is 454 g/mol. The molecule has 4 heteroatoms. The van der Waals surface area contributed by atoms with Crippen LogP contribution in [0.15, 0.2) is 97.1 Å². The Hall–Kier alpha value is -5.06. The molecule has 0 amide bonds. The summed E-state index contributed by atoms with van der Waals surface area (Å²) in [5.74, 6) is 3.14. The number of ether oxygens (including phenoxy) is 2. The number of hydrogen-bond acceptors (Lipinski definition) is 4. The van der Waals surface area contributed by atoms with Crippen LogP contribution >= 0.6 is 0 Å². The molecule has 5 rings (SSSR count). The Morgan fingerprint density at radius 2 is 0.943 bits per heavy atom. The summed E-state index contributed by atoms with van der Waals surface area (Å²) in [7, 11) is 0. The van der Waals surface area contributed by atoms with Gasteiger partial charge in [0.25, 0.3) is 0 Å². The molecule has 4 aromatic rings. The second-order valence-electron chi connectivity index (χ2n) is 7.96. The average molecular weight is 454 g/mol. The number of fused-ring (bicyclic) bond motifs is 3. The third kappa shape index (κ3) is 3.55. The molecule has 1 aliphatic carbocycles. The van der Waals surface area contributed by atoms with Crippen molar-refractivity contribution in [3.63, 3.8) is 0 Å². The highest BCUT2D eigenvalue weighted by Gasteiger charge is 2.45. The van der Waals surface area contributed by atoms with Crippen LogP contribution in [0, 0.1) is 24.7 Å². The van der Waals surface area contributed by atoms with Crippen LogP contribution < -0.4 is 9.47 Å². The van der Waals surface area contributed by atoms with Crippen LogP contribution in [0.3, 0.4) is 0 Å². The van der Waals surface area contributed by atoms with Crippen LogP contribution in [-0.4, -0.2) is 11.9 Å². The van der Waals surface area contributed by atoms with Crippen molar-refractivity contribution in [3.05, 3.63) is 119 Å². The lowest BCUT2D eigenvalue weighted by atomic mass is 9.68. The van der Waals surface area contributed by atoms with Gasteiger partial charge in [0.05, 0.1) is 5.41 Å². The summed E-state index contributed by atoms with van der Waals surface area (Å²) in [6.07, 6.45) is 10.3. The van der Waals surface area contributed by atoms with E-state index in [1.54, 1.807) is 24.3 Å². The first-order chi connectivity index (χ1) is 17.1. The fourth-order valence-electron chi connectivity index (χ4n) is 4.84. The van der Waals surface area contributed by atoms with Crippen LogP contribution in [0.1, 0.15) is 22.3 Å². The normalized spacial score (nSPS) is 12.4. The van der Waals surface area contributed by atoms with Gasteiger partial charge in [-0.15, -0.1) is 12.8 Å². The number of carbonyl (C=O) groups excluding carboxylic acids is 2. The minimum atomic E-state index is -0.749. The van der Waals surface area contributed by atoms with Crippen molar-refractivity contribution >= 4 is 11.9 Å². The summed E-state index contributed by atoms with van der Waals surface area (Å²) in [5.41, 5.74) is 5.79. The standard InChI is InChI=1S/C31H18O4/c1-3-29(32)34-23-17-13-21(14-18-23)31(22-15-19-24(20-16-22)35-30(33)4-2)27-11-7-5-9-25(27)26-10-6-8-12-28(26)31/h1-2,5-20H. The van der Waals surface area contributed by atoms with Crippen molar-refractivity contribution in [2.45, 2.75) is 5.41 Å². The second-order valence-corrected chi connectivity index (χ2v) is 7.96. The molecule has 0 bridgehead atoms. The minimum Gasteiger partial charge on any atom is -0.417 e. The van der Waals surface area contributed by atoms with Gasteiger partial charge < -0.3 is 9.47 Å². The third-order valence-electron chi connectivity index (χ3n) is 6.18. The summed E-state index contributed by atoms with van der Waals surface area (Å²) in [4.78, 5) is 23.1. The van der Waals surface area contributed by atoms with Crippen molar-refractivity contribution in [1.82, 2.24) is 0 Å². The highest BCUT2D eigenvalue weighted by Crippen LogP contribution is 2.56. The predicted molar refractivity (Wildman–Crippen MR) is 133 cm³/mol. The first-order valence-corrected chi connectivity index (χ1v) is 10.8. The van der Waals surface area contributed by atoms with Gasteiger partial charge in [0, 0.05) is 11.8 Å². The minimum absolute atomic E-state index is 0.364. The van der Waals surface area contributed by atoms with Gasteiger partial charge in [-0.1, -0.05) is 72.8 Å². The molecule has 0 atom stereocenters. The maximum absolute atomic E-state index is 11.6. The van der Waals surface area contributed by atoms with Gasteiger partial charge in [0.1, 0.15) is 11.5 Å². The zero-order valence-corrected chi connectivity index (χ0v) is 18.5. The molecule has 0 radical (unpaired) electrons. The summed E-state index contributed by atoms with van der Waals surface area (Å²) in [6.45, 7) is 0. The molecule has 0 saturated heterocycles. The number of benzene rings is 4. The molecule has 0 unspecified atom stereocenters. The van der Waals surface area contributed by atoms with E-state index in [1.807, 2.05) is 60.4 Å². The van der Waals surface area contributed by atoms with Crippen LogP contribution in [0.4, 0.5) is 0 Å². The first-order valence-electron chi connectivity index (χ1n) is 10.8. The number of terminal acetylenes is 2. The van der Waals surface area contributed by atoms with Crippen molar-refractivity contribution in [3.8, 4) is 47.3 Å². The first kappa shape index (κ1) is 21.8. The van der Waals surface area contributed by atoms with E-state index in [4.69, 9.17) is 22.3 Å². The number of hydrogen-bond donors (Lipinski definition) is 0. The highest BCUT2D eigenvalue weighted by atomic mass is 16.5. The Balaban J connectivity index is 1.73. The second kappa shape index (κ2) is 8.71. The Morgan fingerprint density at radius 3 is 1.31 bits per heavy atom. The summed E-state index contributed by atoms with van der Waals surface area (Å²) in [5, 5.41) is 0. The largest absolute Gasteiger partial charge is 0.417 e. The SMILES string of the molecule is C#CC(=O)Oc1ccc(C2(c3ccc(OC(=O)C#C)cc3)c3ccccc3-c3ccccc32)cc1. The Kier molecular flexibility index (Phi) is 5.41. The Bertz CT molecular complexity index is 1410. The topological polar surface area (TPSA) is 52.6 Å². The van der Waals surface area contributed by atoms with Gasteiger partial charge in [-0.2, -0.15) is 0 Å². The molecular weight excluding hydrogens is 436 g/mol. The van der Waals surface area contributed by atoms with E-state index in [0.29, 0.717) is 11.5 Å². The molecule has 0 N–H and O–H groups in total. The summed E-state index contributed by atoms with van der Waals surface area (Å²) < 4.78 is 10.4. The zero-order chi connectivity index (χ0) is 24.4. The molecule has 4 nitrogen and oxygen atoms in total. The fourth-order valence-corrected chi connectivity index (χ4v) is 4.84. The molecule has 1 aliphatic rings. The Labute approximate surface area is 203 Å². The van der Waals surface area contributed by atoms with Crippen LogP contribution in [0.25, 0.3) is 11.1 Å². The molecule has 0 saturated carbocycles. The smallest absolute Gasteiger partial charge is 0.389 e. The third-order valence-corrected chi connectivity index (χ3v) is 6.18. The molecule has 0 fully saturated rings. The maximum atomic E-state index is 11.6. The van der Waals surface area contributed by atoms with E-state index in [1.165, 1.54) is 0 Å². The molecular formula is C31H18O4. The van der Waals surface area contributed by atoms with Gasteiger partial charge >= 0.3 is 11.9 Å². The molecule has 0 heterocycles. The van der Waals surface area contributed by atoms with Gasteiger partial charge in [-0.05, 0) is 57.6 Å². The van der Waals surface area contributed by atoms with Crippen molar-refractivity contribution in [1.29, 1.82) is 0 Å². The average Bonchev–Trinajstić information content (AvgIpc) is 3.21. The van der Waals surface area contributed by atoms with E-state index in [2.05, 4.69) is 24.3 Å². The van der Waals surface area contributed by atoms with Crippen molar-refractivity contribution in [2.75, 3.05) is 0 Å². The van der Waals surface area contributed by atoms with Gasteiger partial charge in [0.2, 0.25) is 0 Å².